The first-order valence-electron chi connectivity index (χ1n) is 32.0. The number of quaternary nitrogens is 1. The third-order valence-corrected chi connectivity index (χ3v) is 14.6. The van der Waals surface area contributed by atoms with E-state index in [1.165, 1.54) is 122 Å². The molecule has 9 heteroatoms. The topological polar surface area (TPSA) is 108 Å². The van der Waals surface area contributed by atoms with Crippen LogP contribution in [0, 0.1) is 0 Å². The Morgan fingerprint density at radius 3 is 1.13 bits per heavy atom. The summed E-state index contributed by atoms with van der Waals surface area (Å²) in [5, 5.41) is 13.9. The van der Waals surface area contributed by atoms with E-state index >= 15 is 0 Å². The van der Waals surface area contributed by atoms with Crippen LogP contribution in [0.1, 0.15) is 251 Å². The number of aliphatic hydroxyl groups is 1. The molecule has 2 N–H and O–H groups in total. The number of phosphoric acid groups is 1. The SMILES string of the molecule is CC/C=C\C/C=C\C/C=C\C/C=C\C/C=C\C/C=C\C/C=C\C/C=C\C/C=C\C/C=C\CCCCCCCCCCCCC(=O)NC(COP(=O)([O-])OCC[N+](C)(C)C)C(O)/C=C/CCCCCCCCCCCCCCCC. The van der Waals surface area contributed by atoms with Crippen molar-refractivity contribution in [2.24, 2.45) is 0 Å². The normalized spacial score (nSPS) is 14.7. The Morgan fingerprint density at radius 2 is 0.772 bits per heavy atom. The van der Waals surface area contributed by atoms with Gasteiger partial charge in [0.05, 0.1) is 39.9 Å². The molecular formula is C70H121N2O6P. The van der Waals surface area contributed by atoms with Crippen molar-refractivity contribution in [3.63, 3.8) is 0 Å². The van der Waals surface area contributed by atoms with Crippen molar-refractivity contribution in [2.45, 2.75) is 264 Å². The van der Waals surface area contributed by atoms with Gasteiger partial charge >= 0.3 is 0 Å². The molecule has 0 aliphatic rings. The zero-order chi connectivity index (χ0) is 57.7. The molecule has 452 valence electrons. The Kier molecular flexibility index (Phi) is 56.7. The predicted octanol–water partition coefficient (Wildman–Crippen LogP) is 19.6. The van der Waals surface area contributed by atoms with Crippen LogP contribution in [0.3, 0.4) is 0 Å². The molecule has 0 bridgehead atoms. The average Bonchev–Trinajstić information content (AvgIpc) is 3.42. The van der Waals surface area contributed by atoms with Gasteiger partial charge in [0.2, 0.25) is 5.91 Å². The van der Waals surface area contributed by atoms with Gasteiger partial charge in [-0.25, -0.2) is 0 Å². The van der Waals surface area contributed by atoms with Gasteiger partial charge in [-0.2, -0.15) is 0 Å². The number of hydrogen-bond donors (Lipinski definition) is 2. The first kappa shape index (κ1) is 75.6. The summed E-state index contributed by atoms with van der Waals surface area (Å²) in [4.78, 5) is 25.5. The molecule has 0 aromatic carbocycles. The highest BCUT2D eigenvalue weighted by Gasteiger charge is 2.23. The Balaban J connectivity index is 4.10. The van der Waals surface area contributed by atoms with Crippen molar-refractivity contribution in [3.05, 3.63) is 134 Å². The fourth-order valence-electron chi connectivity index (χ4n) is 8.65. The van der Waals surface area contributed by atoms with Gasteiger partial charge in [-0.05, 0) is 96.3 Å². The molecule has 1 amide bonds. The average molecular weight is 1120 g/mol. The molecule has 0 fully saturated rings. The fourth-order valence-corrected chi connectivity index (χ4v) is 9.38. The molecule has 0 rings (SSSR count). The molecule has 79 heavy (non-hydrogen) atoms. The molecule has 0 aromatic rings. The van der Waals surface area contributed by atoms with E-state index in [-0.39, 0.29) is 19.1 Å². The number of likely N-dealkylation sites (N-methyl/N-ethyl adjacent to an activating group) is 1. The van der Waals surface area contributed by atoms with Gasteiger partial charge in [0, 0.05) is 6.42 Å². The summed E-state index contributed by atoms with van der Waals surface area (Å²) in [6.07, 6.45) is 89.7. The molecule has 8 nitrogen and oxygen atoms in total. The van der Waals surface area contributed by atoms with E-state index in [0.29, 0.717) is 17.4 Å². The zero-order valence-electron chi connectivity index (χ0n) is 51.5. The van der Waals surface area contributed by atoms with E-state index < -0.39 is 20.0 Å². The van der Waals surface area contributed by atoms with Crippen LogP contribution in [0.2, 0.25) is 0 Å². The number of rotatable bonds is 57. The summed E-state index contributed by atoms with van der Waals surface area (Å²) in [5.41, 5.74) is 0. The molecular weight excluding hydrogens is 996 g/mol. The summed E-state index contributed by atoms with van der Waals surface area (Å²) < 4.78 is 23.4. The van der Waals surface area contributed by atoms with Gasteiger partial charge in [0.25, 0.3) is 7.82 Å². The number of phosphoric ester groups is 1. The summed E-state index contributed by atoms with van der Waals surface area (Å²) in [5.74, 6) is -0.206. The van der Waals surface area contributed by atoms with Crippen LogP contribution in [-0.2, 0) is 18.4 Å². The summed E-state index contributed by atoms with van der Waals surface area (Å²) in [6.45, 7) is 4.53. The van der Waals surface area contributed by atoms with Crippen LogP contribution in [0.25, 0.3) is 0 Å². The second-order valence-electron chi connectivity index (χ2n) is 22.4. The maximum Gasteiger partial charge on any atom is 0.268 e. The molecule has 0 aliphatic heterocycles. The minimum absolute atomic E-state index is 0.00724. The maximum atomic E-state index is 13.0. The summed E-state index contributed by atoms with van der Waals surface area (Å²) in [7, 11) is 1.25. The van der Waals surface area contributed by atoms with Crippen LogP contribution in [0.4, 0.5) is 0 Å². The first-order valence-corrected chi connectivity index (χ1v) is 33.5. The molecule has 0 heterocycles. The van der Waals surface area contributed by atoms with Crippen LogP contribution in [0.15, 0.2) is 134 Å². The molecule has 3 unspecified atom stereocenters. The number of nitrogens with zero attached hydrogens (tertiary/aromatic N) is 1. The molecule has 0 saturated heterocycles. The smallest absolute Gasteiger partial charge is 0.268 e. The van der Waals surface area contributed by atoms with Gasteiger partial charge in [-0.15, -0.1) is 0 Å². The number of aliphatic hydroxyl groups excluding tert-OH is 1. The monoisotopic (exact) mass is 1120 g/mol. The Hall–Kier alpha value is -3.36. The second kappa shape index (κ2) is 59.3. The largest absolute Gasteiger partial charge is 0.756 e. The Labute approximate surface area is 487 Å². The summed E-state index contributed by atoms with van der Waals surface area (Å²) >= 11 is 0. The van der Waals surface area contributed by atoms with E-state index in [9.17, 15) is 19.4 Å². The van der Waals surface area contributed by atoms with Crippen molar-refractivity contribution in [1.29, 1.82) is 0 Å². The number of hydrogen-bond acceptors (Lipinski definition) is 6. The predicted molar refractivity (Wildman–Crippen MR) is 343 cm³/mol. The molecule has 0 radical (unpaired) electrons. The second-order valence-corrected chi connectivity index (χ2v) is 23.8. The maximum absolute atomic E-state index is 13.0. The van der Waals surface area contributed by atoms with E-state index in [1.807, 2.05) is 27.2 Å². The summed E-state index contributed by atoms with van der Waals surface area (Å²) in [6, 6.07) is -0.897. The first-order chi connectivity index (χ1) is 38.5. The number of nitrogens with one attached hydrogen (secondary N) is 1. The molecule has 3 atom stereocenters. The van der Waals surface area contributed by atoms with Gasteiger partial charge in [-0.3, -0.25) is 9.36 Å². The van der Waals surface area contributed by atoms with Crippen molar-refractivity contribution in [2.75, 3.05) is 40.9 Å². The van der Waals surface area contributed by atoms with Crippen LogP contribution < -0.4 is 10.2 Å². The molecule has 0 aliphatic carbocycles. The molecule has 0 spiro atoms. The van der Waals surface area contributed by atoms with Crippen LogP contribution in [-0.4, -0.2) is 68.5 Å². The minimum Gasteiger partial charge on any atom is -0.756 e. The Bertz CT molecular complexity index is 1750. The number of carbonyl (C=O) groups excluding carboxylic acids is 1. The number of carbonyl (C=O) groups is 1. The Morgan fingerprint density at radius 1 is 0.456 bits per heavy atom. The fraction of sp³-hybridized carbons (Fsp3) is 0.671. The van der Waals surface area contributed by atoms with Crippen LogP contribution >= 0.6 is 7.82 Å². The number of unbranched alkanes of at least 4 members (excludes halogenated alkanes) is 24. The van der Waals surface area contributed by atoms with E-state index in [1.54, 1.807) is 6.08 Å². The van der Waals surface area contributed by atoms with Gasteiger partial charge < -0.3 is 28.8 Å². The van der Waals surface area contributed by atoms with Crippen molar-refractivity contribution < 1.29 is 32.9 Å². The lowest BCUT2D eigenvalue weighted by atomic mass is 10.0. The van der Waals surface area contributed by atoms with E-state index in [4.69, 9.17) is 9.05 Å². The van der Waals surface area contributed by atoms with Crippen molar-refractivity contribution >= 4 is 13.7 Å². The van der Waals surface area contributed by atoms with Crippen LogP contribution in [0.5, 0.6) is 0 Å². The van der Waals surface area contributed by atoms with Gasteiger partial charge in [0.15, 0.2) is 0 Å². The number of allylic oxidation sites excluding steroid dienone is 21. The minimum atomic E-state index is -4.61. The number of amides is 1. The molecule has 0 aromatic heterocycles. The zero-order valence-corrected chi connectivity index (χ0v) is 52.4. The molecule has 0 saturated carbocycles. The van der Waals surface area contributed by atoms with E-state index in [2.05, 4.69) is 141 Å². The highest BCUT2D eigenvalue weighted by molar-refractivity contribution is 7.45. The highest BCUT2D eigenvalue weighted by atomic mass is 31.2. The lowest BCUT2D eigenvalue weighted by Crippen LogP contribution is -2.45. The lowest BCUT2D eigenvalue weighted by molar-refractivity contribution is -0.870. The van der Waals surface area contributed by atoms with Crippen molar-refractivity contribution in [1.82, 2.24) is 5.32 Å². The standard InChI is InChI=1S/C70H121N2O6P/c1-6-8-10-12-14-16-18-20-22-24-25-26-27-28-29-30-31-32-33-34-35-36-37-38-39-40-41-42-43-44-45-46-47-48-50-52-54-56-58-60-62-64-70(74)71-68(67-78-79(75,76)77-66-65-72(3,4)5)69(73)63-61-59-57-55-53-51-49-23-21-19-17-15-13-11-9-7-2/h8,10,14,16,20,22,25-26,28-29,31-32,34-35,37-38,40-41,43-44,61,63,68-69,73H,6-7,9,11-13,15,17-19,21,23-24,27,30,33,36,39,42,45-60,62,64-67H2,1-5H3,(H-,71,74,75,76)/b10-8-,16-14-,22-20-,26-25-,29-28-,32-31-,35-34-,38-37-,41-40-,44-43-,63-61+. The van der Waals surface area contributed by atoms with Gasteiger partial charge in [0.1, 0.15) is 13.2 Å². The highest BCUT2D eigenvalue weighted by Crippen LogP contribution is 2.38. The quantitative estimate of drug-likeness (QED) is 0.0272. The third kappa shape index (κ3) is 62.1. The van der Waals surface area contributed by atoms with Crippen molar-refractivity contribution in [3.8, 4) is 0 Å². The third-order valence-electron chi connectivity index (χ3n) is 13.6. The van der Waals surface area contributed by atoms with Gasteiger partial charge in [-0.1, -0.05) is 282 Å². The van der Waals surface area contributed by atoms with E-state index in [0.717, 1.165) is 109 Å². The lowest BCUT2D eigenvalue weighted by Gasteiger charge is -2.29.